The van der Waals surface area contributed by atoms with E-state index in [1.807, 2.05) is 0 Å². The van der Waals surface area contributed by atoms with Crippen molar-refractivity contribution in [1.82, 2.24) is 14.7 Å². The van der Waals surface area contributed by atoms with Crippen LogP contribution in [0, 0.1) is 16.7 Å². The van der Waals surface area contributed by atoms with Gasteiger partial charge in [-0.25, -0.2) is 0 Å². The summed E-state index contributed by atoms with van der Waals surface area (Å²) in [4.78, 5) is 7.36. The highest BCUT2D eigenvalue weighted by Crippen LogP contribution is 2.31. The molecule has 4 heteroatoms. The van der Waals surface area contributed by atoms with E-state index in [1.54, 1.807) is 7.11 Å². The number of nitrogens with zero attached hydrogens (tertiary/aromatic N) is 3. The Bertz CT molecular complexity index is 745. The number of hydrogen-bond donors (Lipinski definition) is 0. The molecule has 1 fully saturated rings. The number of ether oxygens (including phenoxy) is 1. The molecule has 0 N–H and O–H groups in total. The average molecular weight is 608 g/mol. The van der Waals surface area contributed by atoms with Gasteiger partial charge in [-0.05, 0) is 147 Å². The zero-order valence-electron chi connectivity index (χ0n) is 30.3. The standard InChI is InChI=1S/C19H31NO.2C9H21N.2CH4/c1-19(2,3)15-17-10-13-20(14-11-17)12-9-16-5-7-18(21-4)8-6-16;1-9(2,3)7-6-8-10(4)5;1-6-8-10(7-2)9(3,4)5;;/h5-8,17H,9-15H2,1-4H3;2*6-8H2,1-5H3;2*1H4. The smallest absolute Gasteiger partial charge is 0.118 e. The predicted molar refractivity (Wildman–Crippen MR) is 198 cm³/mol. The summed E-state index contributed by atoms with van der Waals surface area (Å²) in [5.74, 6) is 1.88. The molecule has 43 heavy (non-hydrogen) atoms. The first-order valence-corrected chi connectivity index (χ1v) is 16.6. The summed E-state index contributed by atoms with van der Waals surface area (Å²) >= 11 is 0. The highest BCUT2D eigenvalue weighted by atomic mass is 16.5. The molecule has 1 aromatic rings. The van der Waals surface area contributed by atoms with Crippen molar-refractivity contribution in [3.8, 4) is 5.75 Å². The first-order chi connectivity index (χ1) is 18.9. The zero-order chi connectivity index (χ0) is 31.7. The van der Waals surface area contributed by atoms with Gasteiger partial charge in [0, 0.05) is 12.1 Å². The van der Waals surface area contributed by atoms with Gasteiger partial charge in [-0.2, -0.15) is 0 Å². The van der Waals surface area contributed by atoms with Gasteiger partial charge >= 0.3 is 0 Å². The minimum absolute atomic E-state index is 0. The molecule has 0 bridgehead atoms. The molecule has 1 heterocycles. The van der Waals surface area contributed by atoms with Gasteiger partial charge in [0.05, 0.1) is 7.11 Å². The summed E-state index contributed by atoms with van der Waals surface area (Å²) in [6, 6.07) is 8.49. The molecular weight excluding hydrogens is 526 g/mol. The molecule has 0 aromatic heterocycles. The van der Waals surface area contributed by atoms with Crippen molar-refractivity contribution in [2.45, 2.75) is 141 Å². The maximum absolute atomic E-state index is 5.20. The third kappa shape index (κ3) is 25.9. The Morgan fingerprint density at radius 3 is 1.70 bits per heavy atom. The van der Waals surface area contributed by atoms with Crippen LogP contribution in [-0.2, 0) is 6.42 Å². The van der Waals surface area contributed by atoms with Crippen LogP contribution in [0.25, 0.3) is 0 Å². The number of hydrogen-bond acceptors (Lipinski definition) is 4. The summed E-state index contributed by atoms with van der Waals surface area (Å²) in [6.07, 6.45) is 9.17. The van der Waals surface area contributed by atoms with Gasteiger partial charge in [-0.15, -0.1) is 0 Å². The van der Waals surface area contributed by atoms with Crippen molar-refractivity contribution >= 4 is 0 Å². The fourth-order valence-electron chi connectivity index (χ4n) is 5.52. The lowest BCUT2D eigenvalue weighted by atomic mass is 9.80. The number of piperidine rings is 1. The van der Waals surface area contributed by atoms with Crippen LogP contribution < -0.4 is 4.74 Å². The minimum atomic E-state index is 0. The third-order valence-electron chi connectivity index (χ3n) is 7.84. The molecule has 1 aliphatic heterocycles. The molecule has 1 aromatic carbocycles. The van der Waals surface area contributed by atoms with Crippen molar-refractivity contribution < 1.29 is 4.74 Å². The Morgan fingerprint density at radius 1 is 0.814 bits per heavy atom. The van der Waals surface area contributed by atoms with Crippen LogP contribution in [0.2, 0.25) is 0 Å². The average Bonchev–Trinajstić information content (AvgIpc) is 2.85. The van der Waals surface area contributed by atoms with Crippen molar-refractivity contribution in [3.63, 3.8) is 0 Å². The molecule has 4 nitrogen and oxygen atoms in total. The van der Waals surface area contributed by atoms with E-state index < -0.39 is 0 Å². The summed E-state index contributed by atoms with van der Waals surface area (Å²) in [6.45, 7) is 32.6. The van der Waals surface area contributed by atoms with E-state index in [2.05, 4.69) is 129 Å². The molecular formula is C39H81N3O. The largest absolute Gasteiger partial charge is 0.497 e. The van der Waals surface area contributed by atoms with Crippen LogP contribution >= 0.6 is 0 Å². The van der Waals surface area contributed by atoms with Crippen LogP contribution in [0.5, 0.6) is 5.75 Å². The molecule has 258 valence electrons. The number of benzene rings is 1. The van der Waals surface area contributed by atoms with Gasteiger partial charge in [0.1, 0.15) is 5.75 Å². The van der Waals surface area contributed by atoms with Crippen LogP contribution in [0.1, 0.15) is 135 Å². The second-order valence-corrected chi connectivity index (χ2v) is 15.9. The minimum Gasteiger partial charge on any atom is -0.497 e. The van der Waals surface area contributed by atoms with Crippen LogP contribution in [0.4, 0.5) is 0 Å². The van der Waals surface area contributed by atoms with E-state index >= 15 is 0 Å². The Labute approximate surface area is 273 Å². The van der Waals surface area contributed by atoms with Crippen LogP contribution in [0.15, 0.2) is 24.3 Å². The second kappa shape index (κ2) is 23.3. The normalized spacial score (nSPS) is 14.6. The molecule has 0 unspecified atom stereocenters. The quantitative estimate of drug-likeness (QED) is 0.249. The van der Waals surface area contributed by atoms with E-state index in [-0.39, 0.29) is 14.9 Å². The van der Waals surface area contributed by atoms with Gasteiger partial charge < -0.3 is 14.5 Å². The Morgan fingerprint density at radius 2 is 1.35 bits per heavy atom. The highest BCUT2D eigenvalue weighted by molar-refractivity contribution is 5.27. The molecule has 2 rings (SSSR count). The van der Waals surface area contributed by atoms with Crippen molar-refractivity contribution in [2.24, 2.45) is 16.7 Å². The number of likely N-dealkylation sites (tertiary alicyclic amines) is 1. The lowest BCUT2D eigenvalue weighted by molar-refractivity contribution is 0.145. The van der Waals surface area contributed by atoms with Gasteiger partial charge in [-0.1, -0.05) is 82.4 Å². The van der Waals surface area contributed by atoms with Crippen LogP contribution in [0.3, 0.4) is 0 Å². The summed E-state index contributed by atoms with van der Waals surface area (Å²) in [5.41, 5.74) is 2.75. The maximum atomic E-state index is 5.20. The zero-order valence-corrected chi connectivity index (χ0v) is 30.3. The first kappa shape index (κ1) is 46.3. The van der Waals surface area contributed by atoms with E-state index in [0.717, 1.165) is 24.6 Å². The summed E-state index contributed by atoms with van der Waals surface area (Å²) < 4.78 is 5.20. The van der Waals surface area contributed by atoms with E-state index in [9.17, 15) is 0 Å². The lowest BCUT2D eigenvalue weighted by Crippen LogP contribution is -2.41. The van der Waals surface area contributed by atoms with E-state index in [4.69, 9.17) is 4.74 Å². The SMILES string of the molecule is C.C.CCCN(CC)C(C)(C)C.CN(C)CCCC(C)(C)C.COc1ccc(CCN2CCC(CC(C)(C)C)CC2)cc1. The molecule has 0 aliphatic carbocycles. The molecule has 1 aliphatic rings. The molecule has 0 spiro atoms. The van der Waals surface area contributed by atoms with Gasteiger partial charge in [-0.3, -0.25) is 4.90 Å². The molecule has 0 radical (unpaired) electrons. The van der Waals surface area contributed by atoms with Crippen molar-refractivity contribution in [1.29, 1.82) is 0 Å². The molecule has 0 atom stereocenters. The van der Waals surface area contributed by atoms with Gasteiger partial charge in [0.25, 0.3) is 0 Å². The fourth-order valence-corrected chi connectivity index (χ4v) is 5.52. The van der Waals surface area contributed by atoms with Crippen LogP contribution in [-0.4, -0.2) is 80.7 Å². The monoisotopic (exact) mass is 608 g/mol. The van der Waals surface area contributed by atoms with E-state index in [1.165, 1.54) is 76.8 Å². The first-order valence-electron chi connectivity index (χ1n) is 16.6. The lowest BCUT2D eigenvalue weighted by Gasteiger charge is -2.35. The van der Waals surface area contributed by atoms with Crippen molar-refractivity contribution in [2.75, 3.05) is 60.5 Å². The van der Waals surface area contributed by atoms with E-state index in [0.29, 0.717) is 16.4 Å². The van der Waals surface area contributed by atoms with Gasteiger partial charge in [0.2, 0.25) is 0 Å². The van der Waals surface area contributed by atoms with Crippen molar-refractivity contribution in [3.05, 3.63) is 29.8 Å². The third-order valence-corrected chi connectivity index (χ3v) is 7.84. The predicted octanol–water partition coefficient (Wildman–Crippen LogP) is 10.5. The Hall–Kier alpha value is -1.10. The molecule has 0 amide bonds. The highest BCUT2D eigenvalue weighted by Gasteiger charge is 2.23. The Balaban J connectivity index is -0.000000618. The Kier molecular flexibility index (Phi) is 25.1. The fraction of sp³-hybridized carbons (Fsp3) is 0.846. The molecule has 0 saturated carbocycles. The summed E-state index contributed by atoms with van der Waals surface area (Å²) in [5, 5.41) is 0. The molecule has 1 saturated heterocycles. The topological polar surface area (TPSA) is 19.0 Å². The number of rotatable bonds is 11. The summed E-state index contributed by atoms with van der Waals surface area (Å²) in [7, 11) is 5.97. The maximum Gasteiger partial charge on any atom is 0.118 e. The van der Waals surface area contributed by atoms with Gasteiger partial charge in [0.15, 0.2) is 0 Å². The number of methoxy groups -OCH3 is 1. The second-order valence-electron chi connectivity index (χ2n) is 15.9.